The first-order chi connectivity index (χ1) is 7.11. The van der Waals surface area contributed by atoms with E-state index in [2.05, 4.69) is 20.0 Å². The Labute approximate surface area is 105 Å². The molecule has 0 atom stereocenters. The van der Waals surface area contributed by atoms with Crippen LogP contribution in [0, 0.1) is 20.0 Å². The minimum absolute atomic E-state index is 0. The summed E-state index contributed by atoms with van der Waals surface area (Å²) in [7, 11) is -2.96. The van der Waals surface area contributed by atoms with Crippen molar-refractivity contribution in [2.45, 2.75) is 4.90 Å². The standard InChI is InChI=1S/C6H7O2S.3CO.Mn/c1-9(7,8)6-4-2-3-5-6;3*1-2;/h2-5H,1H3;;;;/q-1;;;;. The molecule has 0 aromatic heterocycles. The van der Waals surface area contributed by atoms with E-state index < -0.39 is 9.84 Å². The van der Waals surface area contributed by atoms with Crippen molar-refractivity contribution >= 4 is 9.84 Å². The zero-order valence-electron chi connectivity index (χ0n) is 8.14. The molecule has 1 rings (SSSR count). The monoisotopic (exact) mass is 282 g/mol. The Kier molecular flexibility index (Phi) is 25.0. The molecule has 0 saturated carbocycles. The first kappa shape index (κ1) is 24.3. The third-order valence-electron chi connectivity index (χ3n) is 1.06. The Morgan fingerprint density at radius 2 is 1.19 bits per heavy atom. The normalized spacial score (nSPS) is 6.94. The average molecular weight is 282 g/mol. The molecule has 0 bridgehead atoms. The number of rotatable bonds is 1. The predicted molar refractivity (Wildman–Crippen MR) is 46.9 cm³/mol. The minimum atomic E-state index is -2.96. The minimum Gasteiger partial charge on any atom is 0 e. The van der Waals surface area contributed by atoms with Gasteiger partial charge >= 0.3 is 33.9 Å². The van der Waals surface area contributed by atoms with Gasteiger partial charge in [-0.25, -0.2) is 20.6 Å². The summed E-state index contributed by atoms with van der Waals surface area (Å²) in [6, 6.07) is 6.57. The van der Waals surface area contributed by atoms with E-state index >= 15 is 0 Å². The van der Waals surface area contributed by atoms with Gasteiger partial charge in [0, 0.05) is 23.3 Å². The molecule has 87 valence electrons. The van der Waals surface area contributed by atoms with Gasteiger partial charge in [-0.15, -0.1) is 0 Å². The summed E-state index contributed by atoms with van der Waals surface area (Å²) in [4.78, 5) is 0.391. The van der Waals surface area contributed by atoms with Crippen molar-refractivity contribution in [1.82, 2.24) is 0 Å². The number of hydrogen-bond donors (Lipinski definition) is 0. The van der Waals surface area contributed by atoms with Gasteiger partial charge in [0.2, 0.25) is 0 Å². The van der Waals surface area contributed by atoms with Gasteiger partial charge in [0.15, 0.2) is 0 Å². The first-order valence-electron chi connectivity index (χ1n) is 3.14. The quantitative estimate of drug-likeness (QED) is 0.430. The van der Waals surface area contributed by atoms with Gasteiger partial charge < -0.3 is 0 Å². The van der Waals surface area contributed by atoms with Crippen molar-refractivity contribution in [3.63, 3.8) is 0 Å². The second-order valence-corrected chi connectivity index (χ2v) is 3.91. The molecule has 0 unspecified atom stereocenters. The van der Waals surface area contributed by atoms with Crippen molar-refractivity contribution in [2.75, 3.05) is 6.26 Å². The molecular formula is C9H7MnO5S-. The molecular weight excluding hydrogens is 275 g/mol. The van der Waals surface area contributed by atoms with Gasteiger partial charge in [-0.05, 0) is 4.90 Å². The molecule has 0 heterocycles. The molecule has 0 N–H and O–H groups in total. The van der Waals surface area contributed by atoms with Crippen LogP contribution >= 0.6 is 0 Å². The number of hydrogen-bond acceptors (Lipinski definition) is 2. The van der Waals surface area contributed by atoms with Crippen molar-refractivity contribution in [3.05, 3.63) is 44.2 Å². The van der Waals surface area contributed by atoms with Crippen molar-refractivity contribution < 1.29 is 39.4 Å². The Bertz CT molecular complexity index is 371. The van der Waals surface area contributed by atoms with Gasteiger partial charge in [-0.1, -0.05) is 0 Å². The maximum Gasteiger partial charge on any atom is 0 e. The summed E-state index contributed by atoms with van der Waals surface area (Å²) in [6.07, 6.45) is 1.20. The molecule has 16 heavy (non-hydrogen) atoms. The Morgan fingerprint density at radius 3 is 1.31 bits per heavy atom. The molecule has 1 aromatic rings. The van der Waals surface area contributed by atoms with Crippen LogP contribution in [0.25, 0.3) is 0 Å². The van der Waals surface area contributed by atoms with E-state index in [0.29, 0.717) is 4.90 Å². The van der Waals surface area contributed by atoms with Crippen LogP contribution in [0.5, 0.6) is 0 Å². The van der Waals surface area contributed by atoms with Gasteiger partial charge in [0.25, 0.3) is 0 Å². The summed E-state index contributed by atoms with van der Waals surface area (Å²) in [5.41, 5.74) is 0. The average Bonchev–Trinajstić information content (AvgIpc) is 2.79. The molecule has 0 aliphatic carbocycles. The predicted octanol–water partition coefficient (Wildman–Crippen LogP) is 0.694. The van der Waals surface area contributed by atoms with Crippen LogP contribution in [0.4, 0.5) is 0 Å². The second-order valence-electron chi connectivity index (χ2n) is 1.89. The molecule has 0 amide bonds. The Hall–Kier alpha value is -0.961. The molecule has 7 heteroatoms. The SMILES string of the molecule is CS(=O)(=O)[c-]1cccc1.[C-]#[O+].[C-]#[O+].[C-]#[O+].[Mn]. The fourth-order valence-electron chi connectivity index (χ4n) is 0.604. The smallest absolute Gasteiger partial charge is 0 e. The summed E-state index contributed by atoms with van der Waals surface area (Å²) >= 11 is 0. The summed E-state index contributed by atoms with van der Waals surface area (Å²) in [5, 5.41) is 0. The van der Waals surface area contributed by atoms with Gasteiger partial charge in [0.05, 0.1) is 0 Å². The summed E-state index contributed by atoms with van der Waals surface area (Å²) in [6.45, 7) is 13.5. The molecule has 0 spiro atoms. The molecule has 0 aliphatic heterocycles. The topological polar surface area (TPSA) is 93.8 Å². The van der Waals surface area contributed by atoms with Crippen molar-refractivity contribution in [1.29, 1.82) is 0 Å². The molecule has 0 fully saturated rings. The maximum absolute atomic E-state index is 10.7. The zero-order chi connectivity index (χ0) is 12.9. The number of sulfone groups is 1. The van der Waals surface area contributed by atoms with E-state index in [1.807, 2.05) is 0 Å². The Morgan fingerprint density at radius 1 is 0.938 bits per heavy atom. The van der Waals surface area contributed by atoms with Gasteiger partial charge in [-0.3, -0.25) is 0 Å². The maximum atomic E-state index is 10.7. The van der Waals surface area contributed by atoms with E-state index in [1.165, 1.54) is 6.26 Å². The largest absolute Gasteiger partial charge is 0 e. The van der Waals surface area contributed by atoms with Crippen molar-refractivity contribution in [2.24, 2.45) is 0 Å². The summed E-state index contributed by atoms with van der Waals surface area (Å²) < 4.78 is 43.9. The van der Waals surface area contributed by atoms with Crippen LogP contribution < -0.4 is 0 Å². The van der Waals surface area contributed by atoms with E-state index in [0.717, 1.165) is 0 Å². The van der Waals surface area contributed by atoms with E-state index in [4.69, 9.17) is 14.0 Å². The van der Waals surface area contributed by atoms with Crippen LogP contribution in [0.15, 0.2) is 29.2 Å². The Balaban J connectivity index is -0.0000000900. The first-order valence-corrected chi connectivity index (χ1v) is 5.03. The molecule has 1 aromatic carbocycles. The fraction of sp³-hybridized carbons (Fsp3) is 0.111. The molecule has 0 aliphatic rings. The fourth-order valence-corrected chi connectivity index (χ4v) is 1.26. The van der Waals surface area contributed by atoms with Gasteiger partial charge in [0.1, 0.15) is 9.84 Å². The second kappa shape index (κ2) is 16.5. The van der Waals surface area contributed by atoms with Crippen LogP contribution in [0.2, 0.25) is 0 Å². The molecule has 1 radical (unpaired) electrons. The third-order valence-corrected chi connectivity index (χ3v) is 2.19. The van der Waals surface area contributed by atoms with Crippen LogP contribution in [0.3, 0.4) is 0 Å². The molecule has 0 saturated heterocycles. The van der Waals surface area contributed by atoms with Gasteiger partial charge in [-0.2, -0.15) is 12.1 Å². The third kappa shape index (κ3) is 13.0. The van der Waals surface area contributed by atoms with E-state index in [-0.39, 0.29) is 17.1 Å². The van der Waals surface area contributed by atoms with Crippen LogP contribution in [0.1, 0.15) is 0 Å². The van der Waals surface area contributed by atoms with E-state index in [1.54, 1.807) is 24.3 Å². The zero-order valence-corrected chi connectivity index (χ0v) is 10.1. The van der Waals surface area contributed by atoms with Crippen molar-refractivity contribution in [3.8, 4) is 0 Å². The van der Waals surface area contributed by atoms with Crippen LogP contribution in [-0.2, 0) is 40.9 Å². The summed E-state index contributed by atoms with van der Waals surface area (Å²) in [5.74, 6) is 0. The van der Waals surface area contributed by atoms with Crippen LogP contribution in [-0.4, -0.2) is 14.7 Å². The molecule has 5 nitrogen and oxygen atoms in total. The van der Waals surface area contributed by atoms with E-state index in [9.17, 15) is 8.42 Å².